The van der Waals surface area contributed by atoms with Gasteiger partial charge in [-0.05, 0) is 43.2 Å². The first kappa shape index (κ1) is 19.4. The molecular weight excluding hydrogens is 358 g/mol. The molecule has 3 rings (SSSR count). The molecule has 0 saturated heterocycles. The van der Waals surface area contributed by atoms with E-state index < -0.39 is 17.5 Å². The maximum absolute atomic E-state index is 12.3. The zero-order chi connectivity index (χ0) is 20.3. The highest BCUT2D eigenvalue weighted by Gasteiger charge is 2.15. The van der Waals surface area contributed by atoms with E-state index in [2.05, 4.69) is 5.32 Å². The van der Waals surface area contributed by atoms with Crippen LogP contribution < -0.4 is 15.7 Å². The average Bonchev–Trinajstić information content (AvgIpc) is 2.65. The maximum atomic E-state index is 12.3. The minimum Gasteiger partial charge on any atom is -0.423 e. The van der Waals surface area contributed by atoms with Crippen LogP contribution in [-0.2, 0) is 0 Å². The van der Waals surface area contributed by atoms with Gasteiger partial charge in [-0.3, -0.25) is 4.79 Å². The third-order valence-electron chi connectivity index (χ3n) is 4.09. The zero-order valence-electron chi connectivity index (χ0n) is 15.9. The fourth-order valence-electron chi connectivity index (χ4n) is 2.64. The Hall–Kier alpha value is -3.41. The third kappa shape index (κ3) is 4.46. The highest BCUT2D eigenvalue weighted by molar-refractivity contribution is 5.97. The van der Waals surface area contributed by atoms with Crippen molar-refractivity contribution in [1.29, 1.82) is 0 Å². The van der Waals surface area contributed by atoms with E-state index in [-0.39, 0.29) is 22.8 Å². The van der Waals surface area contributed by atoms with E-state index in [4.69, 9.17) is 9.15 Å². The minimum atomic E-state index is -0.740. The van der Waals surface area contributed by atoms with E-state index in [0.29, 0.717) is 17.5 Å². The Bertz CT molecular complexity index is 1100. The number of benzene rings is 2. The molecule has 0 spiro atoms. The number of hydrogen-bond donors (Lipinski definition) is 1. The van der Waals surface area contributed by atoms with Crippen LogP contribution in [0.4, 0.5) is 0 Å². The average molecular weight is 379 g/mol. The molecule has 1 heterocycles. The normalized spacial score (nSPS) is 10.9. The largest absolute Gasteiger partial charge is 0.423 e. The molecule has 2 aromatic carbocycles. The predicted molar refractivity (Wildman–Crippen MR) is 106 cm³/mol. The lowest BCUT2D eigenvalue weighted by Gasteiger charge is -2.08. The number of fused-ring (bicyclic) bond motifs is 1. The number of amides is 1. The van der Waals surface area contributed by atoms with Crippen molar-refractivity contribution in [2.45, 2.75) is 20.8 Å². The fraction of sp³-hybridized carbons (Fsp3) is 0.227. The molecule has 0 aliphatic heterocycles. The Morgan fingerprint density at radius 3 is 2.61 bits per heavy atom. The number of carbonyl (C=O) groups is 2. The minimum absolute atomic E-state index is 0.0577. The number of ether oxygens (including phenoxy) is 1. The molecule has 6 heteroatoms. The van der Waals surface area contributed by atoms with Crippen LogP contribution in [0.25, 0.3) is 11.0 Å². The number of nitrogens with one attached hydrogen (secondary N) is 1. The molecule has 144 valence electrons. The predicted octanol–water partition coefficient (Wildman–Crippen LogP) is 3.71. The quantitative estimate of drug-likeness (QED) is 0.415. The summed E-state index contributed by atoms with van der Waals surface area (Å²) in [6.45, 7) is 6.27. The van der Waals surface area contributed by atoms with E-state index >= 15 is 0 Å². The maximum Gasteiger partial charge on any atom is 0.349 e. The van der Waals surface area contributed by atoms with E-state index in [1.807, 2.05) is 26.8 Å². The summed E-state index contributed by atoms with van der Waals surface area (Å²) in [5.41, 5.74) is 0.814. The van der Waals surface area contributed by atoms with Crippen LogP contribution in [0, 0.1) is 12.8 Å². The van der Waals surface area contributed by atoms with Gasteiger partial charge >= 0.3 is 11.6 Å². The fourth-order valence-corrected chi connectivity index (χ4v) is 2.64. The van der Waals surface area contributed by atoms with Gasteiger partial charge in [0.1, 0.15) is 16.9 Å². The van der Waals surface area contributed by atoms with Gasteiger partial charge in [0, 0.05) is 18.0 Å². The molecule has 0 bridgehead atoms. The monoisotopic (exact) mass is 379 g/mol. The van der Waals surface area contributed by atoms with Gasteiger partial charge in [-0.15, -0.1) is 0 Å². The van der Waals surface area contributed by atoms with Gasteiger partial charge in [0.05, 0.1) is 5.56 Å². The molecule has 6 nitrogen and oxygen atoms in total. The van der Waals surface area contributed by atoms with Crippen LogP contribution >= 0.6 is 0 Å². The van der Waals surface area contributed by atoms with Crippen molar-refractivity contribution in [3.8, 4) is 5.75 Å². The van der Waals surface area contributed by atoms with Crippen molar-refractivity contribution < 1.29 is 18.7 Å². The van der Waals surface area contributed by atoms with Crippen LogP contribution in [0.2, 0.25) is 0 Å². The molecule has 1 N–H and O–H groups in total. The lowest BCUT2D eigenvalue weighted by Crippen LogP contribution is -2.31. The number of carbonyl (C=O) groups excluding carboxylic acids is 2. The van der Waals surface area contributed by atoms with E-state index in [9.17, 15) is 14.4 Å². The summed E-state index contributed by atoms with van der Waals surface area (Å²) in [5.74, 6) is -0.462. The van der Waals surface area contributed by atoms with Crippen molar-refractivity contribution >= 4 is 22.8 Å². The van der Waals surface area contributed by atoms with Gasteiger partial charge in [-0.25, -0.2) is 9.59 Å². The summed E-state index contributed by atoms with van der Waals surface area (Å²) in [6.07, 6.45) is 0. The van der Waals surface area contributed by atoms with E-state index in [1.165, 1.54) is 12.1 Å². The first-order valence-corrected chi connectivity index (χ1v) is 8.98. The lowest BCUT2D eigenvalue weighted by molar-refractivity contribution is 0.0734. The second kappa shape index (κ2) is 8.08. The molecule has 0 unspecified atom stereocenters. The Balaban J connectivity index is 1.84. The molecule has 0 saturated carbocycles. The van der Waals surface area contributed by atoms with Gasteiger partial charge in [0.2, 0.25) is 0 Å². The Morgan fingerprint density at radius 2 is 1.89 bits per heavy atom. The number of esters is 1. The van der Waals surface area contributed by atoms with Crippen LogP contribution in [0.3, 0.4) is 0 Å². The number of rotatable bonds is 5. The zero-order valence-corrected chi connectivity index (χ0v) is 15.9. The summed E-state index contributed by atoms with van der Waals surface area (Å²) in [7, 11) is 0. The molecule has 3 aromatic rings. The summed E-state index contributed by atoms with van der Waals surface area (Å²) in [5, 5.41) is 3.26. The molecule has 0 aliphatic rings. The lowest BCUT2D eigenvalue weighted by atomic mass is 10.1. The van der Waals surface area contributed by atoms with Crippen LogP contribution in [0.15, 0.2) is 57.7 Å². The SMILES string of the molecule is Cc1cccc(C(=O)Oc2ccc3cc(C(=O)NCC(C)C)c(=O)oc3c2)c1. The summed E-state index contributed by atoms with van der Waals surface area (Å²) < 4.78 is 10.6. The highest BCUT2D eigenvalue weighted by atomic mass is 16.5. The van der Waals surface area contributed by atoms with Crippen molar-refractivity contribution in [3.63, 3.8) is 0 Å². The third-order valence-corrected chi connectivity index (χ3v) is 4.09. The van der Waals surface area contributed by atoms with Gasteiger partial charge in [0.25, 0.3) is 5.91 Å². The van der Waals surface area contributed by atoms with Crippen LogP contribution in [0.5, 0.6) is 5.75 Å². The van der Waals surface area contributed by atoms with Crippen molar-refractivity contribution in [3.05, 3.63) is 75.6 Å². The van der Waals surface area contributed by atoms with Gasteiger partial charge in [0.15, 0.2) is 0 Å². The standard InChI is InChI=1S/C22H21NO5/c1-13(2)12-23-20(24)18-10-15-7-8-17(11-19(15)28-22(18)26)27-21(25)16-6-4-5-14(3)9-16/h4-11,13H,12H2,1-3H3,(H,23,24). The summed E-state index contributed by atoms with van der Waals surface area (Å²) in [4.78, 5) is 36.6. The smallest absolute Gasteiger partial charge is 0.349 e. The van der Waals surface area contributed by atoms with Gasteiger partial charge < -0.3 is 14.5 Å². The molecule has 1 amide bonds. The Morgan fingerprint density at radius 1 is 1.11 bits per heavy atom. The first-order valence-electron chi connectivity index (χ1n) is 8.98. The van der Waals surface area contributed by atoms with Crippen LogP contribution in [-0.4, -0.2) is 18.4 Å². The molecular formula is C22H21NO5. The van der Waals surface area contributed by atoms with E-state index in [1.54, 1.807) is 30.3 Å². The molecule has 0 fully saturated rings. The van der Waals surface area contributed by atoms with Crippen molar-refractivity contribution in [2.75, 3.05) is 6.54 Å². The first-order chi connectivity index (χ1) is 13.3. The second-order valence-electron chi connectivity index (χ2n) is 7.01. The summed E-state index contributed by atoms with van der Waals surface area (Å²) >= 11 is 0. The topological polar surface area (TPSA) is 85.6 Å². The Labute approximate surface area is 162 Å². The van der Waals surface area contributed by atoms with Crippen molar-refractivity contribution in [2.24, 2.45) is 5.92 Å². The van der Waals surface area contributed by atoms with E-state index in [0.717, 1.165) is 5.56 Å². The molecule has 28 heavy (non-hydrogen) atoms. The molecule has 1 aromatic heterocycles. The van der Waals surface area contributed by atoms with Gasteiger partial charge in [-0.1, -0.05) is 31.5 Å². The number of aryl methyl sites for hydroxylation is 1. The molecule has 0 atom stereocenters. The Kier molecular flexibility index (Phi) is 5.59. The second-order valence-corrected chi connectivity index (χ2v) is 7.01. The summed E-state index contributed by atoms with van der Waals surface area (Å²) in [6, 6.07) is 13.2. The van der Waals surface area contributed by atoms with Crippen molar-refractivity contribution in [1.82, 2.24) is 5.32 Å². The molecule has 0 radical (unpaired) electrons. The highest BCUT2D eigenvalue weighted by Crippen LogP contribution is 2.21. The van der Waals surface area contributed by atoms with Crippen LogP contribution in [0.1, 0.15) is 40.1 Å². The molecule has 0 aliphatic carbocycles. The van der Waals surface area contributed by atoms with Gasteiger partial charge in [-0.2, -0.15) is 0 Å². The number of hydrogen-bond acceptors (Lipinski definition) is 5.